The number of fused-ring (bicyclic) bond motifs is 1. The molecule has 1 N–H and O–H groups in total. The van der Waals surface area contributed by atoms with Crippen LogP contribution in [0.2, 0.25) is 0 Å². The number of methoxy groups -OCH3 is 3. The Morgan fingerprint density at radius 1 is 1.00 bits per heavy atom. The van der Waals surface area contributed by atoms with E-state index in [0.717, 1.165) is 35.5 Å². The van der Waals surface area contributed by atoms with E-state index in [2.05, 4.69) is 0 Å². The van der Waals surface area contributed by atoms with Crippen LogP contribution >= 0.6 is 0 Å². The van der Waals surface area contributed by atoms with Crippen molar-refractivity contribution in [1.29, 1.82) is 0 Å². The minimum atomic E-state index is -0.144. The zero-order valence-electron chi connectivity index (χ0n) is 13.5. The van der Waals surface area contributed by atoms with Crippen LogP contribution in [0.5, 0.6) is 28.7 Å². The first kappa shape index (κ1) is 15.3. The fraction of sp³-hybridized carbons (Fsp3) is 0.333. The second-order valence-corrected chi connectivity index (χ2v) is 5.38. The molecule has 5 heteroatoms. The highest BCUT2D eigenvalue weighted by Crippen LogP contribution is 2.44. The minimum absolute atomic E-state index is 0.144. The van der Waals surface area contributed by atoms with Crippen molar-refractivity contribution in [3.8, 4) is 28.7 Å². The van der Waals surface area contributed by atoms with E-state index in [1.54, 1.807) is 33.5 Å². The lowest BCUT2D eigenvalue weighted by atomic mass is 9.96. The van der Waals surface area contributed by atoms with Crippen LogP contribution in [0.25, 0.3) is 0 Å². The molecule has 1 aliphatic rings. The largest absolute Gasteiger partial charge is 0.508 e. The SMILES string of the molecule is COc1cc(OC)c2c(c1)O[C@@H](c1ccc(O)cc1OC)CC2. The summed E-state index contributed by atoms with van der Waals surface area (Å²) in [5.41, 5.74) is 1.96. The Hall–Kier alpha value is -2.56. The molecule has 0 aliphatic carbocycles. The van der Waals surface area contributed by atoms with E-state index in [0.29, 0.717) is 11.5 Å². The molecule has 5 nitrogen and oxygen atoms in total. The first-order valence-electron chi connectivity index (χ1n) is 7.44. The Morgan fingerprint density at radius 2 is 1.78 bits per heavy atom. The van der Waals surface area contributed by atoms with Gasteiger partial charge in [-0.15, -0.1) is 0 Å². The predicted molar refractivity (Wildman–Crippen MR) is 85.9 cm³/mol. The predicted octanol–water partition coefficient (Wildman–Crippen LogP) is 3.48. The van der Waals surface area contributed by atoms with Crippen molar-refractivity contribution in [3.63, 3.8) is 0 Å². The average molecular weight is 316 g/mol. The average Bonchev–Trinajstić information content (AvgIpc) is 2.59. The monoisotopic (exact) mass is 316 g/mol. The smallest absolute Gasteiger partial charge is 0.130 e. The molecule has 0 saturated heterocycles. The maximum absolute atomic E-state index is 9.61. The van der Waals surface area contributed by atoms with Crippen LogP contribution in [-0.2, 0) is 6.42 Å². The third-order valence-electron chi connectivity index (χ3n) is 4.09. The number of rotatable bonds is 4. The summed E-state index contributed by atoms with van der Waals surface area (Å²) in [6, 6.07) is 8.81. The van der Waals surface area contributed by atoms with Crippen molar-refractivity contribution in [3.05, 3.63) is 41.5 Å². The van der Waals surface area contributed by atoms with Gasteiger partial charge < -0.3 is 24.1 Å². The van der Waals surface area contributed by atoms with Gasteiger partial charge in [0.05, 0.1) is 21.3 Å². The number of phenols is 1. The van der Waals surface area contributed by atoms with Crippen molar-refractivity contribution in [2.24, 2.45) is 0 Å². The fourth-order valence-electron chi connectivity index (χ4n) is 2.92. The summed E-state index contributed by atoms with van der Waals surface area (Å²) in [4.78, 5) is 0. The van der Waals surface area contributed by atoms with Crippen LogP contribution in [0.3, 0.4) is 0 Å². The second kappa shape index (κ2) is 6.28. The van der Waals surface area contributed by atoms with Gasteiger partial charge in [0.1, 0.15) is 34.9 Å². The third kappa shape index (κ3) is 2.86. The fourth-order valence-corrected chi connectivity index (χ4v) is 2.92. The summed E-state index contributed by atoms with van der Waals surface area (Å²) in [5, 5.41) is 9.61. The van der Waals surface area contributed by atoms with Gasteiger partial charge in [-0.1, -0.05) is 0 Å². The highest BCUT2D eigenvalue weighted by Gasteiger charge is 2.27. The molecule has 0 saturated carbocycles. The van der Waals surface area contributed by atoms with Crippen molar-refractivity contribution in [1.82, 2.24) is 0 Å². The molecule has 0 unspecified atom stereocenters. The standard InChI is InChI=1S/C18H20O5/c1-20-12-9-17(22-3)14-6-7-15(23-18(14)10-12)13-5-4-11(19)8-16(13)21-2/h4-5,8-10,15,19H,6-7H2,1-3H3/t15-/m1/s1. The first-order valence-corrected chi connectivity index (χ1v) is 7.44. The summed E-state index contributed by atoms with van der Waals surface area (Å²) in [7, 11) is 4.84. The van der Waals surface area contributed by atoms with E-state index in [9.17, 15) is 5.11 Å². The molecular formula is C18H20O5. The lowest BCUT2D eigenvalue weighted by molar-refractivity contribution is 0.169. The van der Waals surface area contributed by atoms with Crippen molar-refractivity contribution < 1.29 is 24.1 Å². The second-order valence-electron chi connectivity index (χ2n) is 5.38. The van der Waals surface area contributed by atoms with Gasteiger partial charge in [-0.05, 0) is 25.0 Å². The van der Waals surface area contributed by atoms with Gasteiger partial charge in [0, 0.05) is 29.3 Å². The number of aromatic hydroxyl groups is 1. The van der Waals surface area contributed by atoms with Crippen LogP contribution in [0.4, 0.5) is 0 Å². The molecule has 3 rings (SSSR count). The summed E-state index contributed by atoms with van der Waals surface area (Å²) < 4.78 is 22.3. The molecule has 0 spiro atoms. The first-order chi connectivity index (χ1) is 11.2. The number of phenolic OH excluding ortho intramolecular Hbond substituents is 1. The van der Waals surface area contributed by atoms with Gasteiger partial charge >= 0.3 is 0 Å². The van der Waals surface area contributed by atoms with Gasteiger partial charge in [-0.25, -0.2) is 0 Å². The Morgan fingerprint density at radius 3 is 2.48 bits per heavy atom. The molecule has 0 radical (unpaired) electrons. The molecular weight excluding hydrogens is 296 g/mol. The van der Waals surface area contributed by atoms with E-state index in [1.807, 2.05) is 18.2 Å². The van der Waals surface area contributed by atoms with Crippen LogP contribution in [0.1, 0.15) is 23.7 Å². The minimum Gasteiger partial charge on any atom is -0.508 e. The number of benzene rings is 2. The highest BCUT2D eigenvalue weighted by molar-refractivity contribution is 5.52. The molecule has 122 valence electrons. The molecule has 0 amide bonds. The summed E-state index contributed by atoms with van der Waals surface area (Å²) >= 11 is 0. The lowest BCUT2D eigenvalue weighted by Crippen LogP contribution is -2.16. The lowest BCUT2D eigenvalue weighted by Gasteiger charge is -2.28. The van der Waals surface area contributed by atoms with Crippen LogP contribution in [0, 0.1) is 0 Å². The van der Waals surface area contributed by atoms with Gasteiger partial charge in [0.25, 0.3) is 0 Å². The molecule has 0 aromatic heterocycles. The Balaban J connectivity index is 1.97. The Labute approximate surface area is 135 Å². The van der Waals surface area contributed by atoms with E-state index in [-0.39, 0.29) is 11.9 Å². The summed E-state index contributed by atoms with van der Waals surface area (Å²) in [5.74, 6) is 3.01. The van der Waals surface area contributed by atoms with E-state index < -0.39 is 0 Å². The van der Waals surface area contributed by atoms with Crippen molar-refractivity contribution >= 4 is 0 Å². The van der Waals surface area contributed by atoms with Crippen molar-refractivity contribution in [2.45, 2.75) is 18.9 Å². The Kier molecular flexibility index (Phi) is 4.19. The van der Waals surface area contributed by atoms with Gasteiger partial charge in [-0.3, -0.25) is 0 Å². The molecule has 1 heterocycles. The van der Waals surface area contributed by atoms with E-state index >= 15 is 0 Å². The molecule has 0 fully saturated rings. The zero-order valence-corrected chi connectivity index (χ0v) is 13.5. The third-order valence-corrected chi connectivity index (χ3v) is 4.09. The van der Waals surface area contributed by atoms with Gasteiger partial charge in [0.2, 0.25) is 0 Å². The van der Waals surface area contributed by atoms with Crippen molar-refractivity contribution in [2.75, 3.05) is 21.3 Å². The molecule has 0 bridgehead atoms. The maximum atomic E-state index is 9.61. The maximum Gasteiger partial charge on any atom is 0.130 e. The van der Waals surface area contributed by atoms with Crippen LogP contribution in [-0.4, -0.2) is 26.4 Å². The number of hydrogen-bond donors (Lipinski definition) is 1. The van der Waals surface area contributed by atoms with Gasteiger partial charge in [-0.2, -0.15) is 0 Å². The summed E-state index contributed by atoms with van der Waals surface area (Å²) in [6.07, 6.45) is 1.49. The summed E-state index contributed by atoms with van der Waals surface area (Å²) in [6.45, 7) is 0. The molecule has 2 aromatic carbocycles. The Bertz CT molecular complexity index is 711. The van der Waals surface area contributed by atoms with Gasteiger partial charge in [0.15, 0.2) is 0 Å². The zero-order chi connectivity index (χ0) is 16.4. The van der Waals surface area contributed by atoms with Crippen LogP contribution < -0.4 is 18.9 Å². The molecule has 2 aromatic rings. The normalized spacial score (nSPS) is 16.2. The highest BCUT2D eigenvalue weighted by atomic mass is 16.5. The number of hydrogen-bond acceptors (Lipinski definition) is 5. The molecule has 1 aliphatic heterocycles. The quantitative estimate of drug-likeness (QED) is 0.936. The van der Waals surface area contributed by atoms with Crippen LogP contribution in [0.15, 0.2) is 30.3 Å². The topological polar surface area (TPSA) is 57.2 Å². The molecule has 1 atom stereocenters. The number of ether oxygens (including phenoxy) is 4. The van der Waals surface area contributed by atoms with E-state index in [4.69, 9.17) is 18.9 Å². The molecule has 23 heavy (non-hydrogen) atoms. The van der Waals surface area contributed by atoms with E-state index in [1.165, 1.54) is 0 Å².